The molecule has 1 aliphatic heterocycles. The summed E-state index contributed by atoms with van der Waals surface area (Å²) in [6.07, 6.45) is 9.98. The number of benzene rings is 1. The van der Waals surface area contributed by atoms with Crippen LogP contribution in [0, 0.1) is 0 Å². The predicted octanol–water partition coefficient (Wildman–Crippen LogP) is 4.41. The Kier molecular flexibility index (Phi) is 6.40. The average molecular weight is 333 g/mol. The van der Waals surface area contributed by atoms with E-state index >= 15 is 0 Å². The van der Waals surface area contributed by atoms with Crippen molar-refractivity contribution >= 4 is 17.7 Å². The van der Waals surface area contributed by atoms with Crippen LogP contribution in [-0.2, 0) is 4.74 Å². The molecule has 0 radical (unpaired) electrons. The van der Waals surface area contributed by atoms with E-state index < -0.39 is 0 Å². The van der Waals surface area contributed by atoms with Crippen molar-refractivity contribution in [2.45, 2.75) is 68.4 Å². The van der Waals surface area contributed by atoms with Crippen LogP contribution in [0.1, 0.15) is 61.7 Å². The predicted molar refractivity (Wildman–Crippen MR) is 95.1 cm³/mol. The smallest absolute Gasteiger partial charge is 0.252 e. The first-order chi connectivity index (χ1) is 11.3. The summed E-state index contributed by atoms with van der Waals surface area (Å²) in [5.74, 6) is 1.03. The monoisotopic (exact) mass is 333 g/mol. The highest BCUT2D eigenvalue weighted by atomic mass is 32.2. The van der Waals surface area contributed by atoms with Gasteiger partial charge in [0.05, 0.1) is 11.7 Å². The van der Waals surface area contributed by atoms with Gasteiger partial charge in [-0.1, -0.05) is 37.8 Å². The summed E-state index contributed by atoms with van der Waals surface area (Å²) in [5.41, 5.74) is 0.819. The molecule has 2 aliphatic rings. The largest absolute Gasteiger partial charge is 0.377 e. The van der Waals surface area contributed by atoms with E-state index in [9.17, 15) is 4.79 Å². The lowest BCUT2D eigenvalue weighted by molar-refractivity contribution is 0.0930. The summed E-state index contributed by atoms with van der Waals surface area (Å²) in [6.45, 7) is 0.884. The van der Waals surface area contributed by atoms with Gasteiger partial charge < -0.3 is 10.1 Å². The van der Waals surface area contributed by atoms with Crippen molar-refractivity contribution in [1.82, 2.24) is 5.32 Å². The number of carbonyl (C=O) groups is 1. The van der Waals surface area contributed by atoms with Gasteiger partial charge in [-0.15, -0.1) is 11.8 Å². The lowest BCUT2D eigenvalue weighted by Crippen LogP contribution is -2.34. The van der Waals surface area contributed by atoms with Crippen molar-refractivity contribution in [2.75, 3.05) is 12.4 Å². The number of amides is 1. The highest BCUT2D eigenvalue weighted by Crippen LogP contribution is 2.27. The molecule has 1 atom stereocenters. The zero-order valence-electron chi connectivity index (χ0n) is 13.8. The van der Waals surface area contributed by atoms with Crippen molar-refractivity contribution in [3.8, 4) is 0 Å². The third-order valence-electron chi connectivity index (χ3n) is 4.77. The third kappa shape index (κ3) is 4.98. The molecule has 1 aromatic carbocycles. The normalized spacial score (nSPS) is 22.7. The molecule has 1 heterocycles. The fourth-order valence-corrected chi connectivity index (χ4v) is 4.54. The number of nitrogens with one attached hydrogen (secondary N) is 1. The van der Waals surface area contributed by atoms with Gasteiger partial charge in [-0.2, -0.15) is 0 Å². The Morgan fingerprint density at radius 1 is 1.09 bits per heavy atom. The van der Waals surface area contributed by atoms with Gasteiger partial charge in [-0.3, -0.25) is 4.79 Å². The van der Waals surface area contributed by atoms with E-state index in [1.807, 2.05) is 18.2 Å². The number of rotatable bonds is 5. The summed E-state index contributed by atoms with van der Waals surface area (Å²) >= 11 is 1.75. The third-order valence-corrected chi connectivity index (χ3v) is 5.98. The molecule has 23 heavy (non-hydrogen) atoms. The Labute approximate surface area is 143 Å². The summed E-state index contributed by atoms with van der Waals surface area (Å²) in [4.78, 5) is 13.8. The molecule has 0 unspecified atom stereocenters. The second-order valence-corrected chi connectivity index (χ2v) is 7.67. The van der Waals surface area contributed by atoms with Gasteiger partial charge in [0.2, 0.25) is 0 Å². The van der Waals surface area contributed by atoms with Crippen LogP contribution in [0.25, 0.3) is 0 Å². The first kappa shape index (κ1) is 16.8. The van der Waals surface area contributed by atoms with Crippen molar-refractivity contribution in [3.05, 3.63) is 29.8 Å². The van der Waals surface area contributed by atoms with Crippen LogP contribution in [0.3, 0.4) is 0 Å². The first-order valence-corrected chi connectivity index (χ1v) is 9.96. The number of hydrogen-bond donors (Lipinski definition) is 1. The average Bonchev–Trinajstić information content (AvgIpc) is 2.97. The molecule has 0 bridgehead atoms. The second-order valence-electron chi connectivity index (χ2n) is 6.60. The van der Waals surface area contributed by atoms with Crippen molar-refractivity contribution in [2.24, 2.45) is 0 Å². The highest BCUT2D eigenvalue weighted by Gasteiger charge is 2.20. The molecular weight excluding hydrogens is 306 g/mol. The van der Waals surface area contributed by atoms with Gasteiger partial charge in [0.1, 0.15) is 0 Å². The summed E-state index contributed by atoms with van der Waals surface area (Å²) in [5, 5.41) is 3.26. The summed E-state index contributed by atoms with van der Waals surface area (Å²) in [7, 11) is 0. The minimum absolute atomic E-state index is 0.0901. The van der Waals surface area contributed by atoms with Crippen LogP contribution >= 0.6 is 11.8 Å². The summed E-state index contributed by atoms with van der Waals surface area (Å²) in [6, 6.07) is 8.32. The molecule has 0 spiro atoms. The van der Waals surface area contributed by atoms with E-state index in [1.54, 1.807) is 11.8 Å². The van der Waals surface area contributed by atoms with E-state index in [2.05, 4.69) is 11.4 Å². The summed E-state index contributed by atoms with van der Waals surface area (Å²) < 4.78 is 5.69. The zero-order valence-corrected chi connectivity index (χ0v) is 14.6. The van der Waals surface area contributed by atoms with Crippen LogP contribution in [0.4, 0.5) is 0 Å². The number of carbonyl (C=O) groups excluding carboxylic acids is 1. The number of thioether (sulfide) groups is 1. The Hall–Kier alpha value is -1.00. The van der Waals surface area contributed by atoms with Crippen LogP contribution < -0.4 is 5.32 Å². The number of ether oxygens (including phenoxy) is 1. The molecule has 1 saturated heterocycles. The van der Waals surface area contributed by atoms with E-state index in [0.29, 0.717) is 12.1 Å². The second kappa shape index (κ2) is 8.74. The molecule has 1 aromatic rings. The van der Waals surface area contributed by atoms with E-state index in [4.69, 9.17) is 4.74 Å². The van der Waals surface area contributed by atoms with Crippen molar-refractivity contribution in [1.29, 1.82) is 0 Å². The molecule has 1 saturated carbocycles. The number of hydrogen-bond acceptors (Lipinski definition) is 3. The molecular formula is C19H27NO2S. The maximum Gasteiger partial charge on any atom is 0.252 e. The van der Waals surface area contributed by atoms with Gasteiger partial charge in [-0.05, 0) is 37.8 Å². The molecule has 2 fully saturated rings. The molecule has 3 rings (SSSR count). The molecule has 126 valence electrons. The van der Waals surface area contributed by atoms with E-state index in [0.717, 1.165) is 48.5 Å². The molecule has 1 aliphatic carbocycles. The minimum atomic E-state index is 0.0901. The molecule has 4 heteroatoms. The quantitative estimate of drug-likeness (QED) is 0.641. The first-order valence-electron chi connectivity index (χ1n) is 8.97. The minimum Gasteiger partial charge on any atom is -0.377 e. The Morgan fingerprint density at radius 3 is 2.61 bits per heavy atom. The Morgan fingerprint density at radius 2 is 1.87 bits per heavy atom. The zero-order chi connectivity index (χ0) is 15.9. The maximum absolute atomic E-state index is 12.7. The highest BCUT2D eigenvalue weighted by molar-refractivity contribution is 7.99. The Bertz CT molecular complexity index is 506. The fourth-order valence-electron chi connectivity index (χ4n) is 3.43. The molecule has 1 N–H and O–H groups in total. The fraction of sp³-hybridized carbons (Fsp3) is 0.632. The molecule has 1 amide bonds. The van der Waals surface area contributed by atoms with Crippen LogP contribution in [-0.4, -0.2) is 30.4 Å². The van der Waals surface area contributed by atoms with Crippen molar-refractivity contribution < 1.29 is 9.53 Å². The molecule has 3 nitrogen and oxygen atoms in total. The van der Waals surface area contributed by atoms with Crippen LogP contribution in [0.5, 0.6) is 0 Å². The maximum atomic E-state index is 12.7. The van der Waals surface area contributed by atoms with Crippen LogP contribution in [0.2, 0.25) is 0 Å². The van der Waals surface area contributed by atoms with Gasteiger partial charge >= 0.3 is 0 Å². The van der Waals surface area contributed by atoms with Crippen molar-refractivity contribution in [3.63, 3.8) is 0 Å². The SMILES string of the molecule is O=C(NC1CCCCCC1)c1ccccc1SC[C@H]1CCCO1. The lowest BCUT2D eigenvalue weighted by atomic mass is 10.1. The van der Waals surface area contributed by atoms with Gasteiger partial charge in [0.15, 0.2) is 0 Å². The van der Waals surface area contributed by atoms with E-state index in [1.165, 1.54) is 25.7 Å². The van der Waals surface area contributed by atoms with E-state index in [-0.39, 0.29) is 5.91 Å². The van der Waals surface area contributed by atoms with Gasteiger partial charge in [0, 0.05) is 23.3 Å². The van der Waals surface area contributed by atoms with Gasteiger partial charge in [-0.25, -0.2) is 0 Å². The standard InChI is InChI=1S/C19H27NO2S/c21-19(20-15-8-3-1-2-4-9-15)17-11-5-6-12-18(17)23-14-16-10-7-13-22-16/h5-6,11-12,15-16H,1-4,7-10,13-14H2,(H,20,21)/t16-/m1/s1. The lowest BCUT2D eigenvalue weighted by Gasteiger charge is -2.18. The molecule has 0 aromatic heterocycles. The van der Waals surface area contributed by atoms with Crippen LogP contribution in [0.15, 0.2) is 29.2 Å². The Balaban J connectivity index is 1.60. The topological polar surface area (TPSA) is 38.3 Å². The van der Waals surface area contributed by atoms with Gasteiger partial charge in [0.25, 0.3) is 5.91 Å².